The van der Waals surface area contributed by atoms with Crippen LogP contribution in [0, 0.1) is 0 Å². The summed E-state index contributed by atoms with van der Waals surface area (Å²) in [5.74, 6) is 0. The summed E-state index contributed by atoms with van der Waals surface area (Å²) in [6, 6.07) is 0. The van der Waals surface area contributed by atoms with E-state index in [1.54, 1.807) is 5.01 Å². The molecular weight excluding hydrogens is 244 g/mol. The molecule has 1 aliphatic heterocycles. The predicted octanol–water partition coefficient (Wildman–Crippen LogP) is -1.70. The van der Waals surface area contributed by atoms with Gasteiger partial charge in [0.1, 0.15) is 0 Å². The number of nitrogens with one attached hydrogen (secondary N) is 1. The van der Waals surface area contributed by atoms with Gasteiger partial charge in [0, 0.05) is 46.4 Å². The molecule has 0 spiro atoms. The number of hydrazine groups is 1. The van der Waals surface area contributed by atoms with Crippen molar-refractivity contribution in [1.82, 2.24) is 19.0 Å². The zero-order valence-electron chi connectivity index (χ0n) is 10.5. The molecule has 1 rings (SSSR count). The van der Waals surface area contributed by atoms with Crippen LogP contribution in [0.2, 0.25) is 0 Å². The quantitative estimate of drug-likeness (QED) is 0.599. The van der Waals surface area contributed by atoms with Gasteiger partial charge >= 0.3 is 0 Å². The van der Waals surface area contributed by atoms with Crippen LogP contribution in [0.3, 0.4) is 0 Å². The van der Waals surface area contributed by atoms with E-state index in [1.165, 1.54) is 11.4 Å². The number of aliphatic hydroxyl groups is 1. The third-order valence-electron chi connectivity index (χ3n) is 2.79. The number of aliphatic hydroxyl groups excluding tert-OH is 1. The first-order valence-corrected chi connectivity index (χ1v) is 7.18. The minimum atomic E-state index is -3.47. The summed E-state index contributed by atoms with van der Waals surface area (Å²) in [5.41, 5.74) is 0. The van der Waals surface area contributed by atoms with E-state index < -0.39 is 10.2 Å². The second-order valence-corrected chi connectivity index (χ2v) is 6.04. The second-order valence-electron chi connectivity index (χ2n) is 4.29. The molecule has 0 amide bonds. The zero-order valence-corrected chi connectivity index (χ0v) is 11.3. The minimum Gasteiger partial charge on any atom is -0.396 e. The molecule has 0 unspecified atom stereocenters. The lowest BCUT2D eigenvalue weighted by atomic mass is 10.4. The van der Waals surface area contributed by atoms with E-state index in [9.17, 15) is 8.42 Å². The molecule has 0 bridgehead atoms. The highest BCUT2D eigenvalue weighted by atomic mass is 32.2. The molecule has 0 radical (unpaired) electrons. The van der Waals surface area contributed by atoms with E-state index in [2.05, 4.69) is 9.73 Å². The van der Waals surface area contributed by atoms with Crippen molar-refractivity contribution < 1.29 is 13.5 Å². The molecule has 1 aliphatic rings. The van der Waals surface area contributed by atoms with Gasteiger partial charge in [-0.25, -0.2) is 5.01 Å². The summed E-state index contributed by atoms with van der Waals surface area (Å²) in [5, 5.41) is 10.4. The highest BCUT2D eigenvalue weighted by Crippen LogP contribution is 2.01. The van der Waals surface area contributed by atoms with Crippen LogP contribution in [0.15, 0.2) is 0 Å². The molecule has 0 atom stereocenters. The Labute approximate surface area is 103 Å². The summed E-state index contributed by atoms with van der Waals surface area (Å²) >= 11 is 0. The molecule has 8 heteroatoms. The second kappa shape index (κ2) is 6.62. The Balaban J connectivity index is 2.43. The maximum absolute atomic E-state index is 11.9. The first-order chi connectivity index (χ1) is 7.95. The Morgan fingerprint density at radius 2 is 1.88 bits per heavy atom. The molecule has 1 saturated heterocycles. The molecule has 0 aromatic rings. The van der Waals surface area contributed by atoms with Crippen LogP contribution in [0.5, 0.6) is 0 Å². The van der Waals surface area contributed by atoms with Gasteiger partial charge in [-0.3, -0.25) is 0 Å². The molecule has 0 saturated carbocycles. The van der Waals surface area contributed by atoms with E-state index in [-0.39, 0.29) is 6.61 Å². The van der Waals surface area contributed by atoms with Crippen LogP contribution in [-0.4, -0.2) is 81.2 Å². The van der Waals surface area contributed by atoms with E-state index in [1.807, 2.05) is 7.05 Å². The van der Waals surface area contributed by atoms with Gasteiger partial charge < -0.3 is 10.0 Å². The summed E-state index contributed by atoms with van der Waals surface area (Å²) in [6.07, 6.45) is 0.445. The Bertz CT molecular complexity index is 314. The van der Waals surface area contributed by atoms with Crippen molar-refractivity contribution in [3.05, 3.63) is 0 Å². The Morgan fingerprint density at radius 3 is 2.41 bits per heavy atom. The highest BCUT2D eigenvalue weighted by Gasteiger charge is 2.22. The Hall–Kier alpha value is -0.250. The number of nitrogens with zero attached hydrogens (tertiary/aromatic N) is 3. The van der Waals surface area contributed by atoms with E-state index in [4.69, 9.17) is 5.11 Å². The summed E-state index contributed by atoms with van der Waals surface area (Å²) < 4.78 is 25.0. The maximum atomic E-state index is 11.9. The number of rotatable bonds is 6. The molecule has 1 fully saturated rings. The molecule has 2 N–H and O–H groups in total. The van der Waals surface area contributed by atoms with Gasteiger partial charge in [-0.15, -0.1) is 4.83 Å². The first kappa shape index (κ1) is 14.8. The van der Waals surface area contributed by atoms with Crippen molar-refractivity contribution in [1.29, 1.82) is 0 Å². The van der Waals surface area contributed by atoms with Crippen LogP contribution < -0.4 is 4.83 Å². The summed E-state index contributed by atoms with van der Waals surface area (Å²) in [6.45, 7) is 3.38. The van der Waals surface area contributed by atoms with Crippen molar-refractivity contribution >= 4 is 10.2 Å². The fraction of sp³-hybridized carbons (Fsp3) is 1.00. The van der Waals surface area contributed by atoms with Crippen molar-refractivity contribution in [2.75, 3.05) is 53.4 Å². The third-order valence-corrected chi connectivity index (χ3v) is 4.28. The van der Waals surface area contributed by atoms with Gasteiger partial charge in [0.15, 0.2) is 0 Å². The van der Waals surface area contributed by atoms with Gasteiger partial charge in [-0.05, 0) is 13.5 Å². The molecule has 0 aromatic heterocycles. The van der Waals surface area contributed by atoms with Gasteiger partial charge in [0.2, 0.25) is 0 Å². The van der Waals surface area contributed by atoms with Crippen molar-refractivity contribution in [2.24, 2.45) is 0 Å². The number of hydrogen-bond donors (Lipinski definition) is 2. The molecule has 0 aliphatic carbocycles. The SMILES string of the molecule is CN1CCN(NS(=O)(=O)N(C)CCCO)CC1. The van der Waals surface area contributed by atoms with Crippen molar-refractivity contribution in [3.8, 4) is 0 Å². The van der Waals surface area contributed by atoms with E-state index in [0.29, 0.717) is 26.1 Å². The molecule has 7 nitrogen and oxygen atoms in total. The maximum Gasteiger partial charge on any atom is 0.292 e. The van der Waals surface area contributed by atoms with E-state index in [0.717, 1.165) is 13.1 Å². The third kappa shape index (κ3) is 4.86. The number of likely N-dealkylation sites (N-methyl/N-ethyl adjacent to an activating group) is 1. The average Bonchev–Trinajstić information content (AvgIpc) is 2.28. The topological polar surface area (TPSA) is 76.1 Å². The molecule has 102 valence electrons. The molecule has 0 aromatic carbocycles. The normalized spacial score (nSPS) is 20.0. The fourth-order valence-electron chi connectivity index (χ4n) is 1.54. The monoisotopic (exact) mass is 266 g/mol. The highest BCUT2D eigenvalue weighted by molar-refractivity contribution is 7.87. The molecule has 1 heterocycles. The lowest BCUT2D eigenvalue weighted by Gasteiger charge is -2.33. The van der Waals surface area contributed by atoms with Gasteiger partial charge in [-0.1, -0.05) is 0 Å². The van der Waals surface area contributed by atoms with E-state index >= 15 is 0 Å². The lowest BCUT2D eigenvalue weighted by molar-refractivity contribution is 0.132. The smallest absolute Gasteiger partial charge is 0.292 e. The number of hydrogen-bond acceptors (Lipinski definition) is 5. The van der Waals surface area contributed by atoms with Gasteiger partial charge in [-0.2, -0.15) is 12.7 Å². The first-order valence-electron chi connectivity index (χ1n) is 5.74. The summed E-state index contributed by atoms with van der Waals surface area (Å²) in [4.78, 5) is 4.70. The zero-order chi connectivity index (χ0) is 12.9. The van der Waals surface area contributed by atoms with Crippen LogP contribution in [0.25, 0.3) is 0 Å². The minimum absolute atomic E-state index is 0.00559. The average molecular weight is 266 g/mol. The van der Waals surface area contributed by atoms with Crippen molar-refractivity contribution in [2.45, 2.75) is 6.42 Å². The van der Waals surface area contributed by atoms with Crippen molar-refractivity contribution in [3.63, 3.8) is 0 Å². The standard InChI is InChI=1S/C9H22N4O3S/c1-11-5-7-13(8-6-11)10-17(15,16)12(2)4-3-9-14/h10,14H,3-9H2,1-2H3. The van der Waals surface area contributed by atoms with Gasteiger partial charge in [0.25, 0.3) is 10.2 Å². The molecule has 17 heavy (non-hydrogen) atoms. The van der Waals surface area contributed by atoms with Gasteiger partial charge in [0.05, 0.1) is 0 Å². The predicted molar refractivity (Wildman–Crippen MR) is 65.5 cm³/mol. The number of piperazine rings is 1. The Morgan fingerprint density at radius 1 is 1.29 bits per heavy atom. The Kier molecular flexibility index (Phi) is 5.77. The molecular formula is C9H22N4O3S. The fourth-order valence-corrected chi connectivity index (χ4v) is 2.56. The van der Waals surface area contributed by atoms with Crippen LogP contribution >= 0.6 is 0 Å². The van der Waals surface area contributed by atoms with Crippen LogP contribution in [-0.2, 0) is 10.2 Å². The largest absolute Gasteiger partial charge is 0.396 e. The van der Waals surface area contributed by atoms with Crippen LogP contribution in [0.4, 0.5) is 0 Å². The van der Waals surface area contributed by atoms with Crippen LogP contribution in [0.1, 0.15) is 6.42 Å². The summed E-state index contributed by atoms with van der Waals surface area (Å²) in [7, 11) is 0.0511. The lowest BCUT2D eigenvalue weighted by Crippen LogP contribution is -2.55.